The molecule has 2 N–H and O–H groups in total. The van der Waals surface area contributed by atoms with Crippen molar-refractivity contribution in [1.82, 2.24) is 15.0 Å². The normalized spacial score (nSPS) is 11.2. The number of hydroxylamine groups is 1. The van der Waals surface area contributed by atoms with Gasteiger partial charge in [-0.25, -0.2) is 5.48 Å². The lowest BCUT2D eigenvalue weighted by molar-refractivity contribution is -0.128. The zero-order valence-electron chi connectivity index (χ0n) is 14.1. The number of hydrogen-bond donors (Lipinski definition) is 2. The molecule has 1 amide bonds. The number of aromatic nitrogens is 2. The van der Waals surface area contributed by atoms with Gasteiger partial charge in [0, 0.05) is 23.2 Å². The molecule has 7 heteroatoms. The minimum atomic E-state index is -0.444. The van der Waals surface area contributed by atoms with Gasteiger partial charge in [-0.15, -0.1) is 0 Å². The monoisotopic (exact) mass is 399 g/mol. The fourth-order valence-electron chi connectivity index (χ4n) is 3.28. The highest BCUT2D eigenvalue weighted by Gasteiger charge is 2.15. The number of benzene rings is 2. The Hall–Kier alpha value is -2.60. The SMILES string of the molecule is O=C(Cc1ccc(Cn2c3cccnc3c3c(Cl)cc(Cl)cc32)cc1)NO. The molecule has 2 aromatic carbocycles. The quantitative estimate of drug-likeness (QED) is 0.389. The van der Waals surface area contributed by atoms with Crippen molar-refractivity contribution < 1.29 is 10.0 Å². The van der Waals surface area contributed by atoms with Crippen molar-refractivity contribution in [2.24, 2.45) is 0 Å². The minimum absolute atomic E-state index is 0.126. The molecule has 0 saturated heterocycles. The average Bonchev–Trinajstić information content (AvgIpc) is 2.97. The van der Waals surface area contributed by atoms with E-state index < -0.39 is 5.91 Å². The molecule has 0 unspecified atom stereocenters. The van der Waals surface area contributed by atoms with E-state index in [-0.39, 0.29) is 6.42 Å². The number of rotatable bonds is 4. The van der Waals surface area contributed by atoms with Crippen LogP contribution in [0.25, 0.3) is 21.9 Å². The van der Waals surface area contributed by atoms with Gasteiger partial charge in [0.05, 0.1) is 28.0 Å². The largest absolute Gasteiger partial charge is 0.335 e. The number of nitrogens with zero attached hydrogens (tertiary/aromatic N) is 2. The number of halogens is 2. The molecule has 5 nitrogen and oxygen atoms in total. The minimum Gasteiger partial charge on any atom is -0.335 e. The topological polar surface area (TPSA) is 67.2 Å². The summed E-state index contributed by atoms with van der Waals surface area (Å²) in [6.45, 7) is 0.606. The summed E-state index contributed by atoms with van der Waals surface area (Å²) in [7, 11) is 0. The summed E-state index contributed by atoms with van der Waals surface area (Å²) in [6, 6.07) is 15.2. The maximum absolute atomic E-state index is 11.3. The standard InChI is InChI=1S/C20H15Cl2N3O2/c21-14-9-15(22)19-17(10-14)25(16-2-1-7-23-20(16)19)11-13-5-3-12(4-6-13)8-18(26)24-27/h1-7,9-10,27H,8,11H2,(H,24,26). The van der Waals surface area contributed by atoms with Crippen LogP contribution in [0, 0.1) is 0 Å². The highest BCUT2D eigenvalue weighted by atomic mass is 35.5. The second-order valence-electron chi connectivity index (χ2n) is 6.27. The fraction of sp³-hybridized carbons (Fsp3) is 0.100. The maximum atomic E-state index is 11.3. The van der Waals surface area contributed by atoms with Crippen LogP contribution in [-0.4, -0.2) is 20.7 Å². The molecule has 0 saturated carbocycles. The first kappa shape index (κ1) is 17.8. The van der Waals surface area contributed by atoms with E-state index in [0.717, 1.165) is 33.1 Å². The third-order valence-corrected chi connectivity index (χ3v) is 5.01. The van der Waals surface area contributed by atoms with E-state index in [9.17, 15) is 4.79 Å². The van der Waals surface area contributed by atoms with Gasteiger partial charge in [0.2, 0.25) is 5.91 Å². The molecule has 0 atom stereocenters. The van der Waals surface area contributed by atoms with Crippen molar-refractivity contribution >= 4 is 51.0 Å². The number of fused-ring (bicyclic) bond motifs is 3. The van der Waals surface area contributed by atoms with Crippen molar-refractivity contribution in [2.45, 2.75) is 13.0 Å². The predicted molar refractivity (Wildman–Crippen MR) is 106 cm³/mol. The van der Waals surface area contributed by atoms with Gasteiger partial charge >= 0.3 is 0 Å². The Morgan fingerprint density at radius 3 is 2.56 bits per heavy atom. The third-order valence-electron chi connectivity index (χ3n) is 4.49. The Morgan fingerprint density at radius 2 is 1.81 bits per heavy atom. The lowest BCUT2D eigenvalue weighted by Crippen LogP contribution is -2.20. The van der Waals surface area contributed by atoms with Crippen LogP contribution in [0.15, 0.2) is 54.7 Å². The van der Waals surface area contributed by atoms with Crippen LogP contribution in [0.5, 0.6) is 0 Å². The molecule has 0 aliphatic heterocycles. The Balaban J connectivity index is 1.78. The van der Waals surface area contributed by atoms with Gasteiger partial charge in [-0.2, -0.15) is 0 Å². The number of nitrogens with one attached hydrogen (secondary N) is 1. The Labute approximate surface area is 165 Å². The van der Waals surface area contributed by atoms with Crippen molar-refractivity contribution in [1.29, 1.82) is 0 Å². The van der Waals surface area contributed by atoms with E-state index in [2.05, 4.69) is 9.55 Å². The Morgan fingerprint density at radius 1 is 1.07 bits per heavy atom. The molecule has 136 valence electrons. The smallest absolute Gasteiger partial charge is 0.247 e. The first-order valence-corrected chi connectivity index (χ1v) is 9.05. The molecule has 0 fully saturated rings. The molecular formula is C20H15Cl2N3O2. The molecule has 0 spiro atoms. The molecule has 4 rings (SSSR count). The van der Waals surface area contributed by atoms with Gasteiger partial charge in [0.25, 0.3) is 0 Å². The zero-order valence-corrected chi connectivity index (χ0v) is 15.6. The number of pyridine rings is 1. The highest BCUT2D eigenvalue weighted by molar-refractivity contribution is 6.40. The first-order chi connectivity index (χ1) is 13.1. The number of amides is 1. The molecule has 0 bridgehead atoms. The molecule has 2 heterocycles. The molecular weight excluding hydrogens is 385 g/mol. The molecule has 0 radical (unpaired) electrons. The summed E-state index contributed by atoms with van der Waals surface area (Å²) in [5, 5.41) is 10.7. The van der Waals surface area contributed by atoms with Crippen LogP contribution in [0.2, 0.25) is 10.0 Å². The number of carbonyl (C=O) groups excluding carboxylic acids is 1. The number of carbonyl (C=O) groups is 1. The molecule has 27 heavy (non-hydrogen) atoms. The summed E-state index contributed by atoms with van der Waals surface area (Å²) in [5.74, 6) is -0.444. The summed E-state index contributed by atoms with van der Waals surface area (Å²) < 4.78 is 2.13. The lowest BCUT2D eigenvalue weighted by atomic mass is 10.1. The van der Waals surface area contributed by atoms with E-state index in [1.165, 1.54) is 0 Å². The Kier molecular flexibility index (Phi) is 4.74. The van der Waals surface area contributed by atoms with Crippen LogP contribution in [0.4, 0.5) is 0 Å². The van der Waals surface area contributed by atoms with Crippen LogP contribution < -0.4 is 5.48 Å². The van der Waals surface area contributed by atoms with Gasteiger partial charge in [-0.05, 0) is 35.4 Å². The van der Waals surface area contributed by atoms with Crippen molar-refractivity contribution in [2.75, 3.05) is 0 Å². The fourth-order valence-corrected chi connectivity index (χ4v) is 3.86. The summed E-state index contributed by atoms with van der Waals surface area (Å²) in [5.41, 5.74) is 6.25. The van der Waals surface area contributed by atoms with Crippen LogP contribution >= 0.6 is 23.2 Å². The van der Waals surface area contributed by atoms with Crippen LogP contribution in [0.3, 0.4) is 0 Å². The van der Waals surface area contributed by atoms with Gasteiger partial charge in [0.1, 0.15) is 0 Å². The van der Waals surface area contributed by atoms with Crippen LogP contribution in [0.1, 0.15) is 11.1 Å². The van der Waals surface area contributed by atoms with Gasteiger partial charge < -0.3 is 4.57 Å². The van der Waals surface area contributed by atoms with Crippen molar-refractivity contribution in [3.63, 3.8) is 0 Å². The second kappa shape index (κ2) is 7.19. The van der Waals surface area contributed by atoms with E-state index in [0.29, 0.717) is 16.6 Å². The molecule has 2 aromatic heterocycles. The van der Waals surface area contributed by atoms with Crippen molar-refractivity contribution in [3.8, 4) is 0 Å². The molecule has 0 aliphatic carbocycles. The Bertz CT molecular complexity index is 1150. The van der Waals surface area contributed by atoms with Gasteiger partial charge in [-0.1, -0.05) is 47.5 Å². The lowest BCUT2D eigenvalue weighted by Gasteiger charge is -2.09. The van der Waals surface area contributed by atoms with E-state index in [1.54, 1.807) is 17.7 Å². The molecule has 4 aromatic rings. The van der Waals surface area contributed by atoms with Gasteiger partial charge in [-0.3, -0.25) is 15.0 Å². The van der Waals surface area contributed by atoms with E-state index in [1.807, 2.05) is 42.5 Å². The third kappa shape index (κ3) is 3.37. The second-order valence-corrected chi connectivity index (χ2v) is 7.11. The first-order valence-electron chi connectivity index (χ1n) is 8.29. The van der Waals surface area contributed by atoms with E-state index >= 15 is 0 Å². The predicted octanol–water partition coefficient (Wildman–Crippen LogP) is 4.59. The number of hydrogen-bond acceptors (Lipinski definition) is 3. The van der Waals surface area contributed by atoms with Crippen molar-refractivity contribution in [3.05, 3.63) is 75.9 Å². The summed E-state index contributed by atoms with van der Waals surface area (Å²) in [6.07, 6.45) is 1.87. The van der Waals surface area contributed by atoms with Crippen LogP contribution in [-0.2, 0) is 17.8 Å². The maximum Gasteiger partial charge on any atom is 0.247 e. The highest BCUT2D eigenvalue weighted by Crippen LogP contribution is 2.35. The molecule has 0 aliphatic rings. The summed E-state index contributed by atoms with van der Waals surface area (Å²) in [4.78, 5) is 15.8. The van der Waals surface area contributed by atoms with E-state index in [4.69, 9.17) is 28.4 Å². The van der Waals surface area contributed by atoms with Gasteiger partial charge in [0.15, 0.2) is 0 Å². The summed E-state index contributed by atoms with van der Waals surface area (Å²) >= 11 is 12.7. The zero-order chi connectivity index (χ0) is 19.0. The average molecular weight is 400 g/mol.